The number of hydrogen-bond acceptors (Lipinski definition) is 2. The van der Waals surface area contributed by atoms with Gasteiger partial charge in [-0.05, 0) is 52.9 Å². The molecule has 1 aromatic heterocycles. The number of rotatable bonds is 4. The minimum absolute atomic E-state index is 0.405. The molecule has 0 bridgehead atoms. The number of aliphatic hydroxyl groups is 1. The minimum atomic E-state index is -0.405. The molecule has 1 N–H and O–H groups in total. The minimum Gasteiger partial charge on any atom is -0.388 e. The summed E-state index contributed by atoms with van der Waals surface area (Å²) in [5.41, 5.74) is 2.22. The van der Waals surface area contributed by atoms with E-state index in [0.29, 0.717) is 5.02 Å². The lowest BCUT2D eigenvalue weighted by atomic mass is 10.0. The first-order valence-electron chi connectivity index (χ1n) is 5.20. The average Bonchev–Trinajstić information content (AvgIpc) is 2.80. The predicted molar refractivity (Wildman–Crippen MR) is 69.1 cm³/mol. The van der Waals surface area contributed by atoms with E-state index in [1.54, 1.807) is 11.3 Å². The Bertz CT molecular complexity index is 422. The Kier molecular flexibility index (Phi) is 3.99. The van der Waals surface area contributed by atoms with Crippen LogP contribution in [0.1, 0.15) is 23.7 Å². The van der Waals surface area contributed by atoms with Gasteiger partial charge < -0.3 is 5.11 Å². The molecule has 2 aromatic rings. The van der Waals surface area contributed by atoms with Crippen molar-refractivity contribution in [1.82, 2.24) is 0 Å². The first-order valence-corrected chi connectivity index (χ1v) is 6.52. The van der Waals surface area contributed by atoms with Gasteiger partial charge in [0.15, 0.2) is 0 Å². The normalized spacial score (nSPS) is 12.6. The number of hydrogen-bond donors (Lipinski definition) is 1. The first-order chi connectivity index (χ1) is 7.75. The van der Waals surface area contributed by atoms with Gasteiger partial charge in [-0.25, -0.2) is 0 Å². The molecule has 16 heavy (non-hydrogen) atoms. The maximum Gasteiger partial charge on any atom is 0.0793 e. The second-order valence-electron chi connectivity index (χ2n) is 3.74. The fourth-order valence-electron chi connectivity index (χ4n) is 1.59. The molecular formula is C13H13ClOS. The van der Waals surface area contributed by atoms with E-state index in [0.717, 1.165) is 18.4 Å². The van der Waals surface area contributed by atoms with Gasteiger partial charge in [0.2, 0.25) is 0 Å². The van der Waals surface area contributed by atoms with Crippen LogP contribution < -0.4 is 0 Å². The van der Waals surface area contributed by atoms with E-state index >= 15 is 0 Å². The van der Waals surface area contributed by atoms with E-state index in [9.17, 15) is 5.11 Å². The molecule has 0 saturated heterocycles. The molecule has 84 valence electrons. The molecule has 0 amide bonds. The summed E-state index contributed by atoms with van der Waals surface area (Å²) in [7, 11) is 0. The zero-order chi connectivity index (χ0) is 11.4. The monoisotopic (exact) mass is 252 g/mol. The molecule has 1 unspecified atom stereocenters. The van der Waals surface area contributed by atoms with Crippen molar-refractivity contribution in [3.63, 3.8) is 0 Å². The van der Waals surface area contributed by atoms with Crippen molar-refractivity contribution in [3.8, 4) is 0 Å². The van der Waals surface area contributed by atoms with Gasteiger partial charge in [-0.3, -0.25) is 0 Å². The van der Waals surface area contributed by atoms with Crippen molar-refractivity contribution in [2.24, 2.45) is 0 Å². The summed E-state index contributed by atoms with van der Waals surface area (Å²) in [6.45, 7) is 0. The Labute approximate surface area is 104 Å². The number of aryl methyl sites for hydroxylation is 1. The van der Waals surface area contributed by atoms with E-state index in [2.05, 4.69) is 16.8 Å². The maximum absolute atomic E-state index is 9.97. The van der Waals surface area contributed by atoms with Gasteiger partial charge >= 0.3 is 0 Å². The van der Waals surface area contributed by atoms with Crippen LogP contribution in [0.3, 0.4) is 0 Å². The van der Waals surface area contributed by atoms with Crippen LogP contribution in [0.25, 0.3) is 0 Å². The molecule has 0 fully saturated rings. The lowest BCUT2D eigenvalue weighted by Crippen LogP contribution is -1.98. The van der Waals surface area contributed by atoms with Gasteiger partial charge in [0.25, 0.3) is 0 Å². The highest BCUT2D eigenvalue weighted by atomic mass is 35.5. The lowest BCUT2D eigenvalue weighted by Gasteiger charge is -2.10. The Balaban J connectivity index is 1.93. The quantitative estimate of drug-likeness (QED) is 0.870. The highest BCUT2D eigenvalue weighted by Gasteiger charge is 2.07. The molecule has 3 heteroatoms. The topological polar surface area (TPSA) is 20.2 Å². The molecule has 2 rings (SSSR count). The van der Waals surface area contributed by atoms with Gasteiger partial charge in [0.1, 0.15) is 0 Å². The van der Waals surface area contributed by atoms with E-state index < -0.39 is 6.10 Å². The second-order valence-corrected chi connectivity index (χ2v) is 4.95. The third-order valence-electron chi connectivity index (χ3n) is 2.54. The summed E-state index contributed by atoms with van der Waals surface area (Å²) in [6.07, 6.45) is 1.25. The van der Waals surface area contributed by atoms with Gasteiger partial charge in [-0.15, -0.1) is 0 Å². The van der Waals surface area contributed by atoms with Crippen molar-refractivity contribution < 1.29 is 5.11 Å². The van der Waals surface area contributed by atoms with Gasteiger partial charge in [0, 0.05) is 5.02 Å². The molecule has 0 aliphatic rings. The van der Waals surface area contributed by atoms with Gasteiger partial charge in [0.05, 0.1) is 6.10 Å². The zero-order valence-electron chi connectivity index (χ0n) is 8.77. The Morgan fingerprint density at radius 3 is 2.56 bits per heavy atom. The average molecular weight is 253 g/mol. The van der Waals surface area contributed by atoms with Crippen LogP contribution in [0.5, 0.6) is 0 Å². The van der Waals surface area contributed by atoms with Crippen molar-refractivity contribution >= 4 is 22.9 Å². The van der Waals surface area contributed by atoms with Crippen molar-refractivity contribution in [2.75, 3.05) is 0 Å². The van der Waals surface area contributed by atoms with Crippen molar-refractivity contribution in [3.05, 3.63) is 57.2 Å². The first kappa shape index (κ1) is 11.6. The summed E-state index contributed by atoms with van der Waals surface area (Å²) < 4.78 is 0. The highest BCUT2D eigenvalue weighted by Crippen LogP contribution is 2.21. The summed E-state index contributed by atoms with van der Waals surface area (Å²) in [4.78, 5) is 0. The molecule has 0 aliphatic carbocycles. The van der Waals surface area contributed by atoms with E-state index in [4.69, 9.17) is 11.6 Å². The SMILES string of the molecule is OC(CCc1ccsc1)c1ccc(Cl)cc1. The van der Waals surface area contributed by atoms with Crippen molar-refractivity contribution in [1.29, 1.82) is 0 Å². The molecule has 0 aliphatic heterocycles. The molecule has 1 atom stereocenters. The van der Waals surface area contributed by atoms with E-state index in [1.165, 1.54) is 5.56 Å². The second kappa shape index (κ2) is 5.48. The maximum atomic E-state index is 9.97. The molecule has 0 radical (unpaired) electrons. The summed E-state index contributed by atoms with van der Waals surface area (Å²) in [6, 6.07) is 9.47. The molecule has 0 spiro atoms. The van der Waals surface area contributed by atoms with Crippen LogP contribution >= 0.6 is 22.9 Å². The summed E-state index contributed by atoms with van der Waals surface area (Å²) in [5.74, 6) is 0. The van der Waals surface area contributed by atoms with Crippen LogP contribution in [0.4, 0.5) is 0 Å². The van der Waals surface area contributed by atoms with E-state index in [1.807, 2.05) is 24.3 Å². The fourth-order valence-corrected chi connectivity index (χ4v) is 2.42. The molecule has 1 heterocycles. The Hall–Kier alpha value is -0.830. The van der Waals surface area contributed by atoms with Crippen molar-refractivity contribution in [2.45, 2.75) is 18.9 Å². The highest BCUT2D eigenvalue weighted by molar-refractivity contribution is 7.07. The number of aliphatic hydroxyl groups excluding tert-OH is 1. The lowest BCUT2D eigenvalue weighted by molar-refractivity contribution is 0.168. The smallest absolute Gasteiger partial charge is 0.0793 e. The number of benzene rings is 1. The van der Waals surface area contributed by atoms with Crippen LogP contribution in [-0.4, -0.2) is 5.11 Å². The number of halogens is 1. The third-order valence-corrected chi connectivity index (χ3v) is 3.53. The van der Waals surface area contributed by atoms with Gasteiger partial charge in [-0.1, -0.05) is 23.7 Å². The fraction of sp³-hybridized carbons (Fsp3) is 0.231. The summed E-state index contributed by atoms with van der Waals surface area (Å²) in [5, 5.41) is 14.9. The van der Waals surface area contributed by atoms with E-state index in [-0.39, 0.29) is 0 Å². The van der Waals surface area contributed by atoms with Crippen LogP contribution in [-0.2, 0) is 6.42 Å². The third kappa shape index (κ3) is 3.08. The largest absolute Gasteiger partial charge is 0.388 e. The zero-order valence-corrected chi connectivity index (χ0v) is 10.3. The van der Waals surface area contributed by atoms with Gasteiger partial charge in [-0.2, -0.15) is 11.3 Å². The standard InChI is InChI=1S/C13H13ClOS/c14-12-4-2-11(3-5-12)13(15)6-1-10-7-8-16-9-10/h2-5,7-9,13,15H,1,6H2. The Morgan fingerprint density at radius 2 is 1.94 bits per heavy atom. The molecular weight excluding hydrogens is 240 g/mol. The molecule has 1 nitrogen and oxygen atoms in total. The number of thiophene rings is 1. The molecule has 0 saturated carbocycles. The predicted octanol–water partition coefficient (Wildman–Crippen LogP) is 4.07. The summed E-state index contributed by atoms with van der Waals surface area (Å²) >= 11 is 7.48. The Morgan fingerprint density at radius 1 is 1.19 bits per heavy atom. The van der Waals surface area contributed by atoms with Crippen LogP contribution in [0, 0.1) is 0 Å². The molecule has 1 aromatic carbocycles. The van der Waals surface area contributed by atoms with Crippen LogP contribution in [0.2, 0.25) is 5.02 Å². The van der Waals surface area contributed by atoms with Crippen LogP contribution in [0.15, 0.2) is 41.1 Å².